The van der Waals surface area contributed by atoms with Crippen LogP contribution in [0.5, 0.6) is 0 Å². The Morgan fingerprint density at radius 3 is 1.51 bits per heavy atom. The molecule has 2 spiro atoms. The number of hydrogen-bond donors (Lipinski definition) is 2. The molecule has 5 aliphatic rings. The van der Waals surface area contributed by atoms with Crippen LogP contribution in [0.1, 0.15) is 68.1 Å². The average Bonchev–Trinajstić information content (AvgIpc) is 4.16. The molecule has 8 nitrogen and oxygen atoms in total. The fourth-order valence-electron chi connectivity index (χ4n) is 8.09. The van der Waals surface area contributed by atoms with Crippen molar-refractivity contribution in [2.24, 2.45) is 0 Å². The van der Waals surface area contributed by atoms with Gasteiger partial charge in [-0.15, -0.1) is 0 Å². The van der Waals surface area contributed by atoms with E-state index in [2.05, 4.69) is 80.4 Å². The van der Waals surface area contributed by atoms with Crippen LogP contribution < -0.4 is 14.9 Å². The van der Waals surface area contributed by atoms with Gasteiger partial charge >= 0.3 is 0 Å². The van der Waals surface area contributed by atoms with Crippen LogP contribution in [0.2, 0.25) is 0 Å². The van der Waals surface area contributed by atoms with E-state index in [1.165, 1.54) is 48.3 Å². The van der Waals surface area contributed by atoms with Crippen LogP contribution in [0, 0.1) is 0 Å². The van der Waals surface area contributed by atoms with E-state index in [0.29, 0.717) is 24.9 Å². The first kappa shape index (κ1) is 57.0. The number of nitrogens with one attached hydrogen (secondary N) is 2. The normalized spacial score (nSPS) is 16.0. The molecule has 3 aliphatic heterocycles. The lowest BCUT2D eigenvalue weighted by molar-refractivity contribution is -0.122. The van der Waals surface area contributed by atoms with Crippen molar-refractivity contribution < 1.29 is 22.8 Å². The largest absolute Gasteiger partial charge is 0.326 e. The Balaban J connectivity index is 0.000000154. The smallest absolute Gasteiger partial charge is 0.270 e. The molecule has 2 aliphatic carbocycles. The van der Waals surface area contributed by atoms with Gasteiger partial charge in [0.2, 0.25) is 11.8 Å². The van der Waals surface area contributed by atoms with Crippen LogP contribution in [-0.2, 0) is 188 Å². The molecule has 0 aromatic heterocycles. The molecule has 3 amide bonds. The molecule has 0 unspecified atom stereocenters. The highest BCUT2D eigenvalue weighted by Crippen LogP contribution is 2.53. The van der Waals surface area contributed by atoms with Gasteiger partial charge in [-0.05, 0) is 121 Å². The number of benzene rings is 4. The molecule has 9 rings (SSSR count). The lowest BCUT2D eigenvalue weighted by Crippen LogP contribution is -2.41. The number of nitrogens with zero attached hydrogens (tertiary/aromatic N) is 1. The summed E-state index contributed by atoms with van der Waals surface area (Å²) in [5, 5.41) is 5.76. The maximum absolute atomic E-state index is 13.3. The quantitative estimate of drug-likeness (QED) is 0.206. The van der Waals surface area contributed by atoms with Gasteiger partial charge in [0, 0.05) is 176 Å². The number of hydrogen-bond acceptors (Lipinski definition) is 7. The van der Waals surface area contributed by atoms with Gasteiger partial charge in [-0.25, -0.2) is 12.7 Å². The number of anilines is 3. The number of fused-ring (bicyclic) bond motifs is 5. The van der Waals surface area contributed by atoms with Gasteiger partial charge in [-0.1, -0.05) is 89.4 Å². The van der Waals surface area contributed by atoms with Crippen molar-refractivity contribution in [1.29, 1.82) is 0 Å². The highest BCUT2D eigenvalue weighted by molar-refractivity contribution is 9.11. The minimum absolute atomic E-state index is 0.0816. The molecular weight excluding hydrogens is 1440 g/mol. The number of halogens is 4. The summed E-state index contributed by atoms with van der Waals surface area (Å²) >= 11 is 23.0. The van der Waals surface area contributed by atoms with Crippen LogP contribution in [-0.4, -0.2) is 26.1 Å². The van der Waals surface area contributed by atoms with E-state index in [4.69, 9.17) is 22.4 Å². The van der Waals surface area contributed by atoms with Crippen LogP contribution in [0.25, 0.3) is 0 Å². The Labute approximate surface area is 472 Å². The second kappa shape index (κ2) is 27.8. The number of amides is 3. The summed E-state index contributed by atoms with van der Waals surface area (Å²) in [6, 6.07) is 23.6. The maximum atomic E-state index is 13.3. The summed E-state index contributed by atoms with van der Waals surface area (Å²) in [5.74, 6) is -0.0350. The van der Waals surface area contributed by atoms with Gasteiger partial charge in [0.05, 0.1) is 27.8 Å². The topological polar surface area (TPSA) is 113 Å². The van der Waals surface area contributed by atoms with E-state index in [-0.39, 0.29) is 28.0 Å². The number of rotatable bonds is 2. The molecule has 29 heteroatoms. The van der Waals surface area contributed by atoms with Crippen molar-refractivity contribution in [3.05, 3.63) is 113 Å². The van der Waals surface area contributed by atoms with Crippen LogP contribution in [0.3, 0.4) is 0 Å². The number of sulfonamides is 1. The minimum atomic E-state index is -3.95. The Bertz CT molecular complexity index is 3320. The molecule has 2 fully saturated rings. The van der Waals surface area contributed by atoms with E-state index >= 15 is 0 Å². The summed E-state index contributed by atoms with van der Waals surface area (Å²) < 4.78 is 31.2. The predicted octanol–water partition coefficient (Wildman–Crippen LogP) is 9.88. The second-order valence-electron chi connectivity index (χ2n) is 14.4. The van der Waals surface area contributed by atoms with Gasteiger partial charge in [0.15, 0.2) is 0 Å². The van der Waals surface area contributed by atoms with Crippen molar-refractivity contribution >= 4 is 255 Å². The first-order valence-electron chi connectivity index (χ1n) is 19.2. The van der Waals surface area contributed by atoms with Gasteiger partial charge < -0.3 is 10.6 Å². The van der Waals surface area contributed by atoms with E-state index in [9.17, 15) is 22.8 Å². The van der Waals surface area contributed by atoms with E-state index < -0.39 is 15.4 Å². The molecule has 2 saturated carbocycles. The number of carbonyl (C=O) groups is 3. The Morgan fingerprint density at radius 1 is 0.522 bits per heavy atom. The Morgan fingerprint density at radius 2 is 0.970 bits per heavy atom. The first-order chi connectivity index (χ1) is 32.3. The molecule has 0 atom stereocenters. The molecule has 4 aromatic rings. The fourth-order valence-corrected chi connectivity index (χ4v) is 43.9. The Kier molecular flexibility index (Phi) is 23.7. The van der Waals surface area contributed by atoms with Crippen LogP contribution >= 0.6 is 63.7 Å². The van der Waals surface area contributed by atoms with Crippen LogP contribution in [0.4, 0.5) is 17.1 Å². The molecule has 360 valence electrons. The second-order valence-corrected chi connectivity index (χ2v) is 44.6. The summed E-state index contributed by atoms with van der Waals surface area (Å²) in [6.45, 7) is 0. The highest BCUT2D eigenvalue weighted by Gasteiger charge is 2.56. The predicted molar refractivity (Wildman–Crippen MR) is 330 cm³/mol. The maximum Gasteiger partial charge on any atom is 0.270 e. The van der Waals surface area contributed by atoms with Crippen molar-refractivity contribution in [2.45, 2.75) is 73.5 Å². The molecule has 0 bridgehead atoms. The molecule has 0 radical (unpaired) electrons. The third-order valence-electron chi connectivity index (χ3n) is 10.8. The van der Waals surface area contributed by atoms with Crippen molar-refractivity contribution in [1.82, 2.24) is 0 Å². The SMILES string of the molecule is O=C1Cc2cc(Br)ccc2N1.O=C1N(S(=O)(=O)c2ccc(Br)cc2)c2ccc(Br)cc2C12CCCC2.O=C1Nc2ccc(Br)cc2C12CCCC2.S=S=S=S=S=S=S=S=S=S=S=S=S=S=S=S. The number of carbonyl (C=O) groups excluding carboxylic acids is 3. The van der Waals surface area contributed by atoms with Crippen LogP contribution in [0.15, 0.2) is 102 Å². The Hall–Kier alpha value is 0.680. The average molecular weight is 1480 g/mol. The molecule has 67 heavy (non-hydrogen) atoms. The van der Waals surface area contributed by atoms with Gasteiger partial charge in [-0.3, -0.25) is 14.4 Å². The summed E-state index contributed by atoms with van der Waals surface area (Å²) in [4.78, 5) is 36.4. The molecule has 0 saturated heterocycles. The zero-order chi connectivity index (χ0) is 48.0. The van der Waals surface area contributed by atoms with Gasteiger partial charge in [0.1, 0.15) is 0 Å². The third-order valence-corrected chi connectivity index (χ3v) is 43.4. The zero-order valence-electron chi connectivity index (χ0n) is 33.8. The van der Waals surface area contributed by atoms with E-state index in [0.717, 1.165) is 70.4 Å². The molecule has 3 heterocycles. The zero-order valence-corrected chi connectivity index (χ0v) is 54.0. The minimum Gasteiger partial charge on any atom is -0.326 e. The van der Waals surface area contributed by atoms with Gasteiger partial charge in [-0.2, -0.15) is 0 Å². The monoisotopic (exact) mass is 1470 g/mol. The fraction of sp³-hybridized carbons (Fsp3) is 0.289. The van der Waals surface area contributed by atoms with Crippen molar-refractivity contribution in [3.8, 4) is 0 Å². The van der Waals surface area contributed by atoms with Crippen molar-refractivity contribution in [2.75, 3.05) is 14.9 Å². The van der Waals surface area contributed by atoms with E-state index in [1.807, 2.05) is 36.4 Å². The summed E-state index contributed by atoms with van der Waals surface area (Å²) in [6.07, 6.45) is 8.11. The highest BCUT2D eigenvalue weighted by atomic mass is 79.9. The molecule has 2 N–H and O–H groups in total. The van der Waals surface area contributed by atoms with Gasteiger partial charge in [0.25, 0.3) is 15.9 Å². The lowest BCUT2D eigenvalue weighted by Gasteiger charge is -2.23. The standard InChI is InChI=1S/C18H15Br2NO3S.C12H12BrNO.C8H6BrNO.S16/c19-12-3-6-14(7-4-12)25(23,24)21-16-8-5-13(20)11-15(16)18(17(21)22)9-1-2-10-18;13-8-3-4-10-9(7-8)12(11(15)14-10)5-1-2-6-12;9-6-1-2-7-5(3-6)4-8(11)10-7;1-3-5-7-9-11-13-15-16-14-12-10-8-6-4-2/h3-8,11H,1-2,9-10H2;3-4,7H,1-2,5-6H2,(H,14,15);1-3H,4H2,(H,10,11);. The third kappa shape index (κ3) is 14.9. The summed E-state index contributed by atoms with van der Waals surface area (Å²) in [5.41, 5.74) is 4.61. The summed E-state index contributed by atoms with van der Waals surface area (Å²) in [7, 11) is 19.6. The molecule has 4 aromatic carbocycles. The van der Waals surface area contributed by atoms with Crippen molar-refractivity contribution in [3.63, 3.8) is 0 Å². The van der Waals surface area contributed by atoms with E-state index in [1.54, 1.807) is 131 Å². The first-order valence-corrected chi connectivity index (χ1v) is 43.8. The lowest BCUT2D eigenvalue weighted by atomic mass is 9.80. The molecular formula is C38H33Br4N3O5S17.